The molecular weight excluding hydrogens is 214 g/mol. The number of carboxylic acid groups (broad SMARTS) is 1. The van der Waals surface area contributed by atoms with E-state index in [2.05, 4.69) is 0 Å². The number of hydrogen-bond donors (Lipinski definition) is 4. The van der Waals surface area contributed by atoms with Crippen LogP contribution in [0.1, 0.15) is 0 Å². The van der Waals surface area contributed by atoms with E-state index < -0.39 is 26.7 Å². The van der Waals surface area contributed by atoms with Crippen molar-refractivity contribution in [2.45, 2.75) is 5.08 Å². The van der Waals surface area contributed by atoms with Crippen LogP contribution >= 0.6 is 15.6 Å². The van der Waals surface area contributed by atoms with E-state index in [1.807, 2.05) is 0 Å². The first-order chi connectivity index (χ1) is 5.14. The molecule has 0 aliphatic rings. The molecule has 10 heteroatoms. The minimum absolute atomic E-state index is 2.51. The molecule has 0 saturated heterocycles. The fourth-order valence-electron chi connectivity index (χ4n) is 0.309. The van der Waals surface area contributed by atoms with Gasteiger partial charge in [0.1, 0.15) is 0 Å². The Kier molecular flexibility index (Phi) is 3.08. The van der Waals surface area contributed by atoms with Gasteiger partial charge in [-0.25, -0.2) is 4.79 Å². The summed E-state index contributed by atoms with van der Waals surface area (Å²) in [5, 5.41) is 12.5. The lowest BCUT2D eigenvalue weighted by molar-refractivity contribution is -0.180. The van der Waals surface area contributed by atoms with E-state index in [0.29, 0.717) is 0 Å². The van der Waals surface area contributed by atoms with Crippen LogP contribution in [0.3, 0.4) is 0 Å². The van der Waals surface area contributed by atoms with Gasteiger partial charge in [0.05, 0.1) is 0 Å². The van der Waals surface area contributed by atoms with Gasteiger partial charge in [-0.3, -0.25) is 4.57 Å². The first-order valence-corrected chi connectivity index (χ1v) is 5.09. The molecule has 0 aliphatic heterocycles. The van der Waals surface area contributed by atoms with Crippen molar-refractivity contribution in [3.63, 3.8) is 0 Å². The summed E-state index contributed by atoms with van der Waals surface area (Å²) in [6.45, 7) is 0. The molecule has 0 spiro atoms. The van der Waals surface area contributed by atoms with Gasteiger partial charge in [0.2, 0.25) is 0 Å². The molecule has 0 bridgehead atoms. The predicted octanol–water partition coefficient (Wildman–Crippen LogP) is -2.00. The Hall–Kier alpha value is -0.360. The number of carbonyl (C=O) groups is 1. The monoisotopic (exact) mass is 218 g/mol. The van der Waals surface area contributed by atoms with Crippen molar-refractivity contribution in [3.05, 3.63) is 0 Å². The third-order valence-electron chi connectivity index (χ3n) is 0.948. The predicted molar refractivity (Wildman–Crippen MR) is 32.2 cm³/mol. The third-order valence-corrected chi connectivity index (χ3v) is 3.92. The summed E-state index contributed by atoms with van der Waals surface area (Å²) in [7, 11) is -9.82. The van der Waals surface area contributed by atoms with Crippen molar-refractivity contribution in [2.24, 2.45) is 0 Å². The average Bonchev–Trinajstić information content (AvgIpc) is 1.82. The Bertz CT molecular complexity index is 248. The van der Waals surface area contributed by atoms with E-state index in [1.54, 1.807) is 0 Å². The van der Waals surface area contributed by atoms with Gasteiger partial charge < -0.3 is 24.9 Å². The highest BCUT2D eigenvalue weighted by atomic mass is 31.2. The van der Waals surface area contributed by atoms with Crippen LogP contribution in [0.5, 0.6) is 0 Å². The molecule has 0 amide bonds. The van der Waals surface area contributed by atoms with Crippen LogP contribution in [0.15, 0.2) is 0 Å². The Morgan fingerprint density at radius 2 is 1.83 bits per heavy atom. The average molecular weight is 218 g/mol. The van der Waals surface area contributed by atoms with Crippen LogP contribution in [0.4, 0.5) is 0 Å². The maximum Gasteiger partial charge on any atom is 0.455 e. The Morgan fingerprint density at radius 3 is 1.83 bits per heavy atom. The summed E-state index contributed by atoms with van der Waals surface area (Å²) in [4.78, 5) is 36.4. The lowest BCUT2D eigenvalue weighted by atomic mass is 10.7. The number of rotatable bonds is 3. The van der Waals surface area contributed by atoms with Gasteiger partial charge in [0, 0.05) is 0 Å². The van der Waals surface area contributed by atoms with Crippen LogP contribution < -0.4 is 4.89 Å². The van der Waals surface area contributed by atoms with Gasteiger partial charge in [-0.05, 0) is 0 Å². The van der Waals surface area contributed by atoms with Crippen LogP contribution in [-0.2, 0) is 13.9 Å². The summed E-state index contributed by atoms with van der Waals surface area (Å²) in [5.41, 5.74) is 0. The largest absolute Gasteiger partial charge is 0.592 e. The van der Waals surface area contributed by atoms with E-state index in [4.69, 9.17) is 20.0 Å². The standard InChI is InChI=1S/C2H4O8P2/c3-1(4)2(5,11(6)7)12(8,9)10/h5H,(H,3,4)(H2,8,9,10). The first kappa shape index (κ1) is 11.6. The van der Waals surface area contributed by atoms with E-state index in [1.165, 1.54) is 0 Å². The molecule has 0 fully saturated rings. The van der Waals surface area contributed by atoms with Crippen molar-refractivity contribution in [2.75, 3.05) is 0 Å². The van der Waals surface area contributed by atoms with Gasteiger partial charge in [-0.2, -0.15) is 0 Å². The summed E-state index contributed by atoms with van der Waals surface area (Å²) in [5.74, 6) is -2.51. The number of carboxylic acids is 1. The Labute approximate surface area is 66.5 Å². The zero-order valence-electron chi connectivity index (χ0n) is 5.32. The molecule has 0 radical (unpaired) electrons. The van der Waals surface area contributed by atoms with E-state index in [9.17, 15) is 18.8 Å². The highest BCUT2D eigenvalue weighted by Crippen LogP contribution is 2.58. The quantitative estimate of drug-likeness (QED) is 0.396. The highest BCUT2D eigenvalue weighted by Gasteiger charge is 2.65. The van der Waals surface area contributed by atoms with Gasteiger partial charge >= 0.3 is 26.7 Å². The summed E-state index contributed by atoms with van der Waals surface area (Å²) in [6, 6.07) is 0. The molecule has 0 saturated carbocycles. The second-order valence-electron chi connectivity index (χ2n) is 1.74. The first-order valence-electron chi connectivity index (χ1n) is 2.30. The minimum Gasteiger partial charge on any atom is -0.592 e. The molecule has 2 unspecified atom stereocenters. The van der Waals surface area contributed by atoms with E-state index in [-0.39, 0.29) is 0 Å². The lowest BCUT2D eigenvalue weighted by Crippen LogP contribution is -2.36. The van der Waals surface area contributed by atoms with Crippen molar-refractivity contribution in [3.8, 4) is 0 Å². The SMILES string of the molecule is O=C(O)C(O)([P+](=O)[O-])P(=O)(O)O. The van der Waals surface area contributed by atoms with Crippen LogP contribution in [-0.4, -0.2) is 31.1 Å². The summed E-state index contributed by atoms with van der Waals surface area (Å²) in [6.07, 6.45) is 0. The molecule has 0 aromatic carbocycles. The molecule has 8 nitrogen and oxygen atoms in total. The Balaban J connectivity index is 5.32. The second kappa shape index (κ2) is 3.18. The third kappa shape index (κ3) is 1.69. The Morgan fingerprint density at radius 1 is 1.50 bits per heavy atom. The van der Waals surface area contributed by atoms with E-state index in [0.717, 1.165) is 0 Å². The van der Waals surface area contributed by atoms with Gasteiger partial charge in [-0.15, -0.1) is 0 Å². The van der Waals surface area contributed by atoms with Crippen molar-refractivity contribution < 1.29 is 38.8 Å². The minimum atomic E-state index is -5.64. The molecule has 2 atom stereocenters. The normalized spacial score (nSPS) is 18.2. The highest BCUT2D eigenvalue weighted by molar-refractivity contribution is 7.67. The van der Waals surface area contributed by atoms with E-state index >= 15 is 0 Å². The molecule has 12 heavy (non-hydrogen) atoms. The fraction of sp³-hybridized carbons (Fsp3) is 0.500. The van der Waals surface area contributed by atoms with Gasteiger partial charge in [-0.1, -0.05) is 4.57 Å². The zero-order chi connectivity index (χ0) is 10.2. The molecule has 0 heterocycles. The fourth-order valence-corrected chi connectivity index (χ4v) is 1.57. The molecular formula is C2H4O8P2. The molecule has 70 valence electrons. The number of aliphatic carboxylic acids is 1. The van der Waals surface area contributed by atoms with Crippen LogP contribution in [0.25, 0.3) is 0 Å². The summed E-state index contributed by atoms with van der Waals surface area (Å²) >= 11 is 0. The maximum atomic E-state index is 10.2. The zero-order valence-corrected chi connectivity index (χ0v) is 7.11. The molecule has 0 aliphatic carbocycles. The molecule has 0 aromatic rings. The topological polar surface area (TPSA) is 155 Å². The van der Waals surface area contributed by atoms with Gasteiger partial charge in [0.15, 0.2) is 0 Å². The number of aliphatic hydroxyl groups is 1. The number of hydrogen-bond acceptors (Lipinski definition) is 5. The van der Waals surface area contributed by atoms with Crippen molar-refractivity contribution >= 4 is 21.6 Å². The molecule has 0 aromatic heterocycles. The van der Waals surface area contributed by atoms with Crippen LogP contribution in [0, 0.1) is 0 Å². The van der Waals surface area contributed by atoms with Gasteiger partial charge in [0.25, 0.3) is 0 Å². The van der Waals surface area contributed by atoms with Crippen molar-refractivity contribution in [1.29, 1.82) is 0 Å². The molecule has 4 N–H and O–H groups in total. The van der Waals surface area contributed by atoms with Crippen molar-refractivity contribution in [1.82, 2.24) is 0 Å². The maximum absolute atomic E-state index is 10.2. The molecule has 0 rings (SSSR count). The second-order valence-corrected chi connectivity index (χ2v) is 4.99. The van der Waals surface area contributed by atoms with Crippen LogP contribution in [0.2, 0.25) is 0 Å². The smallest absolute Gasteiger partial charge is 0.455 e. The lowest BCUT2D eigenvalue weighted by Gasteiger charge is -2.14. The summed E-state index contributed by atoms with van der Waals surface area (Å²) < 4.78 is 20.2.